The maximum Gasteiger partial charge on any atom is 0.0962 e. The molecular weight excluding hydrogens is 468 g/mol. The predicted octanol–water partition coefficient (Wildman–Crippen LogP) is 8.19. The van der Waals surface area contributed by atoms with Gasteiger partial charge >= 0.3 is 0 Å². The first kappa shape index (κ1) is 28.4. The van der Waals surface area contributed by atoms with Gasteiger partial charge in [-0.25, -0.2) is 12.1 Å². The summed E-state index contributed by atoms with van der Waals surface area (Å²) < 4.78 is 0. The summed E-state index contributed by atoms with van der Waals surface area (Å²) in [5, 5.41) is 11.7. The molecule has 0 saturated heterocycles. The van der Waals surface area contributed by atoms with Crippen LogP contribution >= 0.6 is 0 Å². The Morgan fingerprint density at radius 2 is 1.26 bits per heavy atom. The largest absolute Gasteiger partial charge is 0.748 e. The fourth-order valence-electron chi connectivity index (χ4n) is 4.07. The van der Waals surface area contributed by atoms with Crippen molar-refractivity contribution >= 4 is 0 Å². The number of unbranched alkanes of at least 4 members (excludes halogenated alkanes) is 6. The third-order valence-corrected chi connectivity index (χ3v) is 6.02. The first-order valence-corrected chi connectivity index (χ1v) is 12.5. The fourth-order valence-corrected chi connectivity index (χ4v) is 4.07. The van der Waals surface area contributed by atoms with Crippen LogP contribution in [0.3, 0.4) is 0 Å². The molecule has 0 saturated carbocycles. The third kappa shape index (κ3) is 8.72. The molecule has 2 heteroatoms. The van der Waals surface area contributed by atoms with E-state index in [-0.39, 0.29) is 17.1 Å². The van der Waals surface area contributed by atoms with Crippen LogP contribution in [0.15, 0.2) is 109 Å². The van der Waals surface area contributed by atoms with E-state index in [4.69, 9.17) is 0 Å². The van der Waals surface area contributed by atoms with Crippen molar-refractivity contribution in [2.45, 2.75) is 57.5 Å². The van der Waals surface area contributed by atoms with Crippen LogP contribution in [0.25, 0.3) is 0 Å². The Balaban J connectivity index is 0.000000640. The maximum absolute atomic E-state index is 11.7. The second-order valence-electron chi connectivity index (χ2n) is 8.61. The average molecular weight is 504 g/mol. The Morgan fingerprint density at radius 3 is 1.86 bits per heavy atom. The van der Waals surface area contributed by atoms with Gasteiger partial charge in [-0.05, 0) is 29.7 Å². The predicted molar refractivity (Wildman–Crippen MR) is 144 cm³/mol. The molecule has 0 aliphatic carbocycles. The van der Waals surface area contributed by atoms with Gasteiger partial charge in [-0.2, -0.15) is 12.1 Å². The first-order chi connectivity index (χ1) is 16.7. The molecule has 1 unspecified atom stereocenters. The van der Waals surface area contributed by atoms with Gasteiger partial charge in [0.25, 0.3) is 0 Å². The molecule has 0 aliphatic rings. The van der Waals surface area contributed by atoms with Gasteiger partial charge in [-0.15, -0.1) is 5.56 Å². The monoisotopic (exact) mass is 504 g/mol. The van der Waals surface area contributed by atoms with Gasteiger partial charge in [0.15, 0.2) is 0 Å². The molecule has 0 spiro atoms. The summed E-state index contributed by atoms with van der Waals surface area (Å²) >= 11 is 0. The van der Waals surface area contributed by atoms with Gasteiger partial charge in [-0.1, -0.05) is 93.3 Å². The normalized spacial score (nSPS) is 11.7. The van der Waals surface area contributed by atoms with Crippen molar-refractivity contribution in [3.05, 3.63) is 131 Å². The minimum Gasteiger partial charge on any atom is -0.748 e. The molecule has 1 N–H and O–H groups in total. The Morgan fingerprint density at radius 1 is 0.714 bits per heavy atom. The molecule has 35 heavy (non-hydrogen) atoms. The number of aliphatic hydroxyl groups is 1. The molecule has 4 aromatic carbocycles. The van der Waals surface area contributed by atoms with Crippen LogP contribution in [0, 0.1) is 11.8 Å². The van der Waals surface area contributed by atoms with Crippen LogP contribution < -0.4 is 0 Å². The van der Waals surface area contributed by atoms with Crippen molar-refractivity contribution in [3.8, 4) is 11.8 Å². The molecule has 0 aliphatic heterocycles. The van der Waals surface area contributed by atoms with Crippen molar-refractivity contribution in [3.63, 3.8) is 0 Å². The molecule has 0 bridgehead atoms. The standard InChI is InChI=1S/C28H31O.C5H5.Fe/c1-2-3-4-5-6-7-8-10-15-24-20-22-27(23-21-24)28(29,26-18-13-14-19-26)25-16-11-9-12-17-25;1-2-4-5-3-1;/h9,11-14,16-23,29H,2-8H2,1H3;1-5H;/q-1;-5;. The van der Waals surface area contributed by atoms with E-state index in [0.29, 0.717) is 0 Å². The molecule has 0 amide bonds. The minimum atomic E-state index is -1.16. The van der Waals surface area contributed by atoms with Crippen LogP contribution in [0.4, 0.5) is 0 Å². The fraction of sp³-hybridized carbons (Fsp3) is 0.273. The van der Waals surface area contributed by atoms with E-state index in [0.717, 1.165) is 28.7 Å². The third-order valence-electron chi connectivity index (χ3n) is 6.02. The van der Waals surface area contributed by atoms with Gasteiger partial charge in [-0.3, -0.25) is 0 Å². The van der Waals surface area contributed by atoms with Gasteiger partial charge < -0.3 is 35.4 Å². The molecule has 4 aromatic rings. The smallest absolute Gasteiger partial charge is 0.0962 e. The zero-order chi connectivity index (χ0) is 23.9. The molecule has 4 rings (SSSR count). The quantitative estimate of drug-likeness (QED) is 0.105. The Bertz CT molecular complexity index is 1070. The van der Waals surface area contributed by atoms with E-state index in [2.05, 4.69) is 18.8 Å². The molecule has 188 valence electrons. The summed E-state index contributed by atoms with van der Waals surface area (Å²) in [4.78, 5) is 0. The van der Waals surface area contributed by atoms with Gasteiger partial charge in [0, 0.05) is 29.1 Å². The number of rotatable bonds is 9. The molecule has 0 fully saturated rings. The van der Waals surface area contributed by atoms with Crippen molar-refractivity contribution in [2.75, 3.05) is 0 Å². The van der Waals surface area contributed by atoms with E-state index in [1.807, 2.05) is 109 Å². The molecular formula is C33H36FeO-6. The first-order valence-electron chi connectivity index (χ1n) is 12.5. The molecule has 0 aromatic heterocycles. The second-order valence-corrected chi connectivity index (χ2v) is 8.61. The van der Waals surface area contributed by atoms with Gasteiger partial charge in [0.1, 0.15) is 0 Å². The van der Waals surface area contributed by atoms with Crippen molar-refractivity contribution in [2.24, 2.45) is 0 Å². The van der Waals surface area contributed by atoms with Crippen molar-refractivity contribution in [1.82, 2.24) is 0 Å². The Labute approximate surface area is 222 Å². The zero-order valence-electron chi connectivity index (χ0n) is 20.6. The van der Waals surface area contributed by atoms with Crippen LogP contribution in [0.2, 0.25) is 0 Å². The minimum absolute atomic E-state index is 0. The summed E-state index contributed by atoms with van der Waals surface area (Å²) in [6.45, 7) is 2.25. The second kappa shape index (κ2) is 16.0. The molecule has 1 nitrogen and oxygen atoms in total. The van der Waals surface area contributed by atoms with Crippen LogP contribution in [-0.4, -0.2) is 5.11 Å². The summed E-state index contributed by atoms with van der Waals surface area (Å²) in [7, 11) is 0. The Kier molecular flexibility index (Phi) is 13.0. The molecule has 0 radical (unpaired) electrons. The number of hydrogen-bond donors (Lipinski definition) is 1. The van der Waals surface area contributed by atoms with Crippen LogP contribution in [0.5, 0.6) is 0 Å². The molecule has 1 atom stereocenters. The Hall–Kier alpha value is -2.82. The van der Waals surface area contributed by atoms with Gasteiger partial charge in [0.2, 0.25) is 0 Å². The number of hydrogen-bond acceptors (Lipinski definition) is 1. The van der Waals surface area contributed by atoms with Crippen molar-refractivity contribution in [1.29, 1.82) is 0 Å². The summed E-state index contributed by atoms with van der Waals surface area (Å²) in [5.41, 5.74) is 2.45. The summed E-state index contributed by atoms with van der Waals surface area (Å²) in [6, 6.07) is 35.7. The van der Waals surface area contributed by atoms with Crippen molar-refractivity contribution < 1.29 is 22.2 Å². The summed E-state index contributed by atoms with van der Waals surface area (Å²) in [5.74, 6) is 6.57. The summed E-state index contributed by atoms with van der Waals surface area (Å²) in [6.07, 6.45) is 8.72. The van der Waals surface area contributed by atoms with E-state index >= 15 is 0 Å². The topological polar surface area (TPSA) is 20.2 Å². The van der Waals surface area contributed by atoms with E-state index in [1.54, 1.807) is 0 Å². The number of benzene rings is 2. The molecule has 0 heterocycles. The van der Waals surface area contributed by atoms with E-state index in [1.165, 1.54) is 38.5 Å². The SMILES string of the molecule is CCCCCCCCC#Cc1ccc(C(O)(c2ccccc2)[c-]2cccc2)cc1.[Fe].[cH-]1[cH-][cH-][cH-][cH-]1. The van der Waals surface area contributed by atoms with E-state index in [9.17, 15) is 5.11 Å². The van der Waals surface area contributed by atoms with E-state index < -0.39 is 5.60 Å². The van der Waals surface area contributed by atoms with Crippen LogP contribution in [-0.2, 0) is 22.7 Å². The average Bonchev–Trinajstić information content (AvgIpc) is 3.64. The maximum atomic E-state index is 11.7. The zero-order valence-corrected chi connectivity index (χ0v) is 21.7. The van der Waals surface area contributed by atoms with Crippen LogP contribution in [0.1, 0.15) is 74.1 Å². The van der Waals surface area contributed by atoms with Gasteiger partial charge in [0.05, 0.1) is 5.60 Å².